The highest BCUT2D eigenvalue weighted by molar-refractivity contribution is 7.80. The lowest BCUT2D eigenvalue weighted by molar-refractivity contribution is 0.197. The quantitative estimate of drug-likeness (QED) is 0.741. The maximum Gasteiger partial charge on any atom is 0.317 e. The molecular weight excluding hydrogens is 222 g/mol. The normalized spacial score (nSPS) is 18.7. The van der Waals surface area contributed by atoms with Crippen LogP contribution in [0, 0.1) is 0 Å². The SMILES string of the molecule is CC(CC(N)=S)NC(=O)N1CCCCCC1. The maximum absolute atomic E-state index is 11.9. The van der Waals surface area contributed by atoms with E-state index in [1.807, 2.05) is 11.8 Å². The van der Waals surface area contributed by atoms with E-state index in [0.29, 0.717) is 11.4 Å². The number of carbonyl (C=O) groups is 1. The molecule has 0 spiro atoms. The van der Waals surface area contributed by atoms with Crippen LogP contribution in [0.2, 0.25) is 0 Å². The topological polar surface area (TPSA) is 58.4 Å². The molecule has 16 heavy (non-hydrogen) atoms. The lowest BCUT2D eigenvalue weighted by Gasteiger charge is -2.23. The molecule has 2 amide bonds. The number of hydrogen-bond donors (Lipinski definition) is 2. The first-order valence-corrected chi connectivity index (χ1v) is 6.34. The Hall–Kier alpha value is -0.840. The Kier molecular flexibility index (Phi) is 5.52. The van der Waals surface area contributed by atoms with Crippen LogP contribution < -0.4 is 11.1 Å². The third-order valence-electron chi connectivity index (χ3n) is 2.77. The van der Waals surface area contributed by atoms with E-state index >= 15 is 0 Å². The molecule has 0 aliphatic carbocycles. The van der Waals surface area contributed by atoms with Crippen molar-refractivity contribution in [2.24, 2.45) is 5.73 Å². The van der Waals surface area contributed by atoms with Gasteiger partial charge in [0.15, 0.2) is 0 Å². The van der Waals surface area contributed by atoms with Gasteiger partial charge in [-0.25, -0.2) is 4.79 Å². The average Bonchev–Trinajstić information content (AvgIpc) is 2.43. The zero-order chi connectivity index (χ0) is 12.0. The molecule has 1 fully saturated rings. The molecule has 0 bridgehead atoms. The summed E-state index contributed by atoms with van der Waals surface area (Å²) < 4.78 is 0. The van der Waals surface area contributed by atoms with Gasteiger partial charge in [-0.2, -0.15) is 0 Å². The minimum absolute atomic E-state index is 0.0191. The van der Waals surface area contributed by atoms with Crippen molar-refractivity contribution in [2.45, 2.75) is 45.1 Å². The number of nitrogens with two attached hydrogens (primary N) is 1. The summed E-state index contributed by atoms with van der Waals surface area (Å²) in [5.74, 6) is 0. The van der Waals surface area contributed by atoms with Crippen molar-refractivity contribution in [3.63, 3.8) is 0 Å². The first-order valence-electron chi connectivity index (χ1n) is 5.93. The number of rotatable bonds is 3. The lowest BCUT2D eigenvalue weighted by atomic mass is 10.2. The van der Waals surface area contributed by atoms with Crippen LogP contribution in [-0.2, 0) is 0 Å². The molecule has 0 aromatic heterocycles. The van der Waals surface area contributed by atoms with E-state index in [1.165, 1.54) is 12.8 Å². The molecule has 4 nitrogen and oxygen atoms in total. The second-order valence-corrected chi connectivity index (χ2v) is 4.95. The van der Waals surface area contributed by atoms with Gasteiger partial charge in [-0.05, 0) is 19.8 Å². The van der Waals surface area contributed by atoms with Crippen LogP contribution in [0.3, 0.4) is 0 Å². The van der Waals surface area contributed by atoms with Crippen LogP contribution >= 0.6 is 12.2 Å². The van der Waals surface area contributed by atoms with Gasteiger partial charge in [0.1, 0.15) is 0 Å². The Morgan fingerprint density at radius 1 is 1.38 bits per heavy atom. The van der Waals surface area contributed by atoms with E-state index < -0.39 is 0 Å². The minimum atomic E-state index is 0.0191. The van der Waals surface area contributed by atoms with E-state index in [2.05, 4.69) is 5.32 Å². The van der Waals surface area contributed by atoms with Crippen LogP contribution in [0.5, 0.6) is 0 Å². The Labute approximate surface area is 103 Å². The number of carbonyl (C=O) groups excluding carboxylic acids is 1. The number of nitrogens with one attached hydrogen (secondary N) is 1. The van der Waals surface area contributed by atoms with Crippen molar-refractivity contribution >= 4 is 23.2 Å². The fraction of sp³-hybridized carbons (Fsp3) is 0.818. The molecular formula is C11H21N3OS. The van der Waals surface area contributed by atoms with Crippen molar-refractivity contribution < 1.29 is 4.79 Å². The fourth-order valence-corrected chi connectivity index (χ4v) is 2.18. The zero-order valence-electron chi connectivity index (χ0n) is 9.87. The Morgan fingerprint density at radius 3 is 2.44 bits per heavy atom. The molecule has 1 aliphatic rings. The first-order chi connectivity index (χ1) is 7.59. The molecule has 1 heterocycles. The van der Waals surface area contributed by atoms with Crippen LogP contribution in [0.25, 0.3) is 0 Å². The van der Waals surface area contributed by atoms with Gasteiger partial charge >= 0.3 is 6.03 Å². The molecule has 5 heteroatoms. The summed E-state index contributed by atoms with van der Waals surface area (Å²) in [6.07, 6.45) is 5.24. The number of hydrogen-bond acceptors (Lipinski definition) is 2. The first kappa shape index (κ1) is 13.2. The van der Waals surface area contributed by atoms with Gasteiger partial charge < -0.3 is 16.0 Å². The number of amides is 2. The number of thiocarbonyl (C=S) groups is 1. The van der Waals surface area contributed by atoms with Gasteiger partial charge in [0, 0.05) is 25.6 Å². The summed E-state index contributed by atoms with van der Waals surface area (Å²) in [7, 11) is 0. The highest BCUT2D eigenvalue weighted by Crippen LogP contribution is 2.09. The predicted molar refractivity (Wildman–Crippen MR) is 69.4 cm³/mol. The molecule has 1 saturated heterocycles. The molecule has 1 unspecified atom stereocenters. The van der Waals surface area contributed by atoms with Gasteiger partial charge in [0.05, 0.1) is 4.99 Å². The molecule has 0 aromatic rings. The fourth-order valence-electron chi connectivity index (χ4n) is 1.93. The second kappa shape index (κ2) is 6.68. The molecule has 1 rings (SSSR count). The van der Waals surface area contributed by atoms with Gasteiger partial charge in [-0.3, -0.25) is 0 Å². The van der Waals surface area contributed by atoms with E-state index in [4.69, 9.17) is 18.0 Å². The highest BCUT2D eigenvalue weighted by Gasteiger charge is 2.17. The van der Waals surface area contributed by atoms with Gasteiger partial charge in [-0.15, -0.1) is 0 Å². The van der Waals surface area contributed by atoms with E-state index in [9.17, 15) is 4.79 Å². The van der Waals surface area contributed by atoms with Crippen molar-refractivity contribution in [2.75, 3.05) is 13.1 Å². The second-order valence-electron chi connectivity index (χ2n) is 4.42. The van der Waals surface area contributed by atoms with Crippen molar-refractivity contribution in [1.82, 2.24) is 10.2 Å². The van der Waals surface area contributed by atoms with Gasteiger partial charge in [0.25, 0.3) is 0 Å². The molecule has 3 N–H and O–H groups in total. The van der Waals surface area contributed by atoms with Crippen LogP contribution in [0.15, 0.2) is 0 Å². The smallest absolute Gasteiger partial charge is 0.317 e. The van der Waals surface area contributed by atoms with E-state index in [-0.39, 0.29) is 12.1 Å². The summed E-state index contributed by atoms with van der Waals surface area (Å²) in [5.41, 5.74) is 5.44. The van der Waals surface area contributed by atoms with Crippen LogP contribution in [0.4, 0.5) is 4.79 Å². The molecule has 1 atom stereocenters. The van der Waals surface area contributed by atoms with Crippen molar-refractivity contribution in [3.05, 3.63) is 0 Å². The molecule has 1 aliphatic heterocycles. The molecule has 0 aromatic carbocycles. The largest absolute Gasteiger partial charge is 0.393 e. The molecule has 92 valence electrons. The van der Waals surface area contributed by atoms with E-state index in [1.54, 1.807) is 0 Å². The number of urea groups is 1. The standard InChI is InChI=1S/C11H21N3OS/c1-9(8-10(12)16)13-11(15)14-6-4-2-3-5-7-14/h9H,2-8H2,1H3,(H2,12,16)(H,13,15). The molecule has 0 radical (unpaired) electrons. The summed E-state index contributed by atoms with van der Waals surface area (Å²) in [6, 6.07) is 0.0407. The van der Waals surface area contributed by atoms with E-state index in [0.717, 1.165) is 25.9 Å². The highest BCUT2D eigenvalue weighted by atomic mass is 32.1. The molecule has 0 saturated carbocycles. The third kappa shape index (κ3) is 4.79. The number of likely N-dealkylation sites (tertiary alicyclic amines) is 1. The predicted octanol–water partition coefficient (Wildman–Crippen LogP) is 1.64. The van der Waals surface area contributed by atoms with Gasteiger partial charge in [0.2, 0.25) is 0 Å². The Bertz CT molecular complexity index is 250. The summed E-state index contributed by atoms with van der Waals surface area (Å²) in [5, 5.41) is 2.93. The van der Waals surface area contributed by atoms with Crippen molar-refractivity contribution in [3.8, 4) is 0 Å². The zero-order valence-corrected chi connectivity index (χ0v) is 10.7. The average molecular weight is 243 g/mol. The maximum atomic E-state index is 11.9. The van der Waals surface area contributed by atoms with Crippen LogP contribution in [-0.4, -0.2) is 35.1 Å². The van der Waals surface area contributed by atoms with Gasteiger partial charge in [-0.1, -0.05) is 25.1 Å². The third-order valence-corrected chi connectivity index (χ3v) is 2.94. The Balaban J connectivity index is 2.34. The summed E-state index contributed by atoms with van der Waals surface area (Å²) in [6.45, 7) is 3.66. The Morgan fingerprint density at radius 2 is 1.94 bits per heavy atom. The van der Waals surface area contributed by atoms with Crippen LogP contribution in [0.1, 0.15) is 39.0 Å². The number of nitrogens with zero attached hydrogens (tertiary/aromatic N) is 1. The van der Waals surface area contributed by atoms with Crippen molar-refractivity contribution in [1.29, 1.82) is 0 Å². The minimum Gasteiger partial charge on any atom is -0.393 e. The lowest BCUT2D eigenvalue weighted by Crippen LogP contribution is -2.45. The summed E-state index contributed by atoms with van der Waals surface area (Å²) >= 11 is 4.82. The summed E-state index contributed by atoms with van der Waals surface area (Å²) in [4.78, 5) is 14.2. The monoisotopic (exact) mass is 243 g/mol.